The van der Waals surface area contributed by atoms with Crippen molar-refractivity contribution in [1.82, 2.24) is 0 Å². The fraction of sp³-hybridized carbons (Fsp3) is 0.765. The summed E-state index contributed by atoms with van der Waals surface area (Å²) in [4.78, 5) is 23.3. The zero-order chi connectivity index (χ0) is 20.2. The molecule has 0 aromatic carbocycles. The molecule has 27 heavy (non-hydrogen) atoms. The van der Waals surface area contributed by atoms with Crippen LogP contribution in [0.4, 0.5) is 22.0 Å². The van der Waals surface area contributed by atoms with Crippen LogP contribution in [0.25, 0.3) is 0 Å². The van der Waals surface area contributed by atoms with E-state index in [-0.39, 0.29) is 18.8 Å². The summed E-state index contributed by atoms with van der Waals surface area (Å²) in [6, 6.07) is 0. The van der Waals surface area contributed by atoms with Crippen LogP contribution in [0, 0.1) is 17.8 Å². The SMILES string of the molecule is CC(=O)OC1C(COC(=O)C2CC3C=CC2C3)OC(C)(C(F)(F)F)C1(F)F. The van der Waals surface area contributed by atoms with E-state index < -0.39 is 54.4 Å². The number of esters is 2. The number of hydrogen-bond donors (Lipinski definition) is 0. The normalized spacial score (nSPS) is 39.6. The van der Waals surface area contributed by atoms with Gasteiger partial charge in [0.25, 0.3) is 0 Å². The van der Waals surface area contributed by atoms with Gasteiger partial charge in [0, 0.05) is 6.92 Å². The average molecular weight is 398 g/mol. The zero-order valence-corrected chi connectivity index (χ0v) is 14.6. The lowest BCUT2D eigenvalue weighted by atomic mass is 9.93. The lowest BCUT2D eigenvalue weighted by Gasteiger charge is -2.32. The highest BCUT2D eigenvalue weighted by Gasteiger charge is 2.78. The van der Waals surface area contributed by atoms with Crippen LogP contribution in [-0.2, 0) is 23.8 Å². The van der Waals surface area contributed by atoms with Gasteiger partial charge in [-0.3, -0.25) is 9.59 Å². The second-order valence-corrected chi connectivity index (χ2v) is 7.36. The molecule has 0 amide bonds. The molecule has 3 aliphatic rings. The first-order chi connectivity index (χ1) is 12.4. The largest absolute Gasteiger partial charge is 0.463 e. The third-order valence-electron chi connectivity index (χ3n) is 5.52. The molecule has 2 aliphatic carbocycles. The Hall–Kier alpha value is -1.71. The fourth-order valence-electron chi connectivity index (χ4n) is 3.98. The first-order valence-electron chi connectivity index (χ1n) is 8.51. The summed E-state index contributed by atoms with van der Waals surface area (Å²) < 4.78 is 82.5. The van der Waals surface area contributed by atoms with E-state index in [1.807, 2.05) is 12.2 Å². The van der Waals surface area contributed by atoms with Crippen LogP contribution in [0.15, 0.2) is 12.2 Å². The molecule has 152 valence electrons. The number of carbonyl (C=O) groups excluding carboxylic acids is 2. The molecule has 6 atom stereocenters. The van der Waals surface area contributed by atoms with Gasteiger partial charge >= 0.3 is 24.0 Å². The van der Waals surface area contributed by atoms with E-state index in [0.29, 0.717) is 6.42 Å². The molecule has 5 nitrogen and oxygen atoms in total. The highest BCUT2D eigenvalue weighted by Crippen LogP contribution is 2.53. The number of hydrogen-bond acceptors (Lipinski definition) is 5. The smallest absolute Gasteiger partial charge is 0.423 e. The molecule has 3 rings (SSSR count). The maximum absolute atomic E-state index is 14.4. The number of alkyl halides is 5. The number of rotatable bonds is 4. The van der Waals surface area contributed by atoms with Gasteiger partial charge in [0.15, 0.2) is 6.10 Å². The van der Waals surface area contributed by atoms with Gasteiger partial charge in [-0.1, -0.05) is 12.2 Å². The molecule has 0 aromatic rings. The van der Waals surface area contributed by atoms with Gasteiger partial charge in [0.05, 0.1) is 5.92 Å². The van der Waals surface area contributed by atoms with Crippen molar-refractivity contribution in [2.24, 2.45) is 17.8 Å². The highest BCUT2D eigenvalue weighted by molar-refractivity contribution is 5.74. The summed E-state index contributed by atoms with van der Waals surface area (Å²) in [6.07, 6.45) is -4.68. The molecule has 1 heterocycles. The van der Waals surface area contributed by atoms with Crippen LogP contribution in [-0.4, -0.2) is 48.5 Å². The van der Waals surface area contributed by atoms with E-state index in [1.165, 1.54) is 0 Å². The molecule has 1 saturated heterocycles. The molecule has 10 heteroatoms. The van der Waals surface area contributed by atoms with Crippen molar-refractivity contribution >= 4 is 11.9 Å². The standard InChI is InChI=1S/C17H19F5O5/c1-8(23)26-13-12(27-15(2,16(13,18)19)17(20,21)22)7-25-14(24)11-6-9-3-4-10(11)5-9/h3-4,9-13H,5-7H2,1-2H3. The second-order valence-electron chi connectivity index (χ2n) is 7.36. The van der Waals surface area contributed by atoms with Crippen LogP contribution in [0.3, 0.4) is 0 Å². The maximum Gasteiger partial charge on any atom is 0.423 e. The second kappa shape index (κ2) is 6.42. The predicted molar refractivity (Wildman–Crippen MR) is 79.6 cm³/mol. The first kappa shape index (κ1) is 20.0. The van der Waals surface area contributed by atoms with Crippen molar-refractivity contribution < 1.29 is 45.8 Å². The molecule has 1 aliphatic heterocycles. The van der Waals surface area contributed by atoms with Crippen LogP contribution >= 0.6 is 0 Å². The Labute approximate surface area is 151 Å². The van der Waals surface area contributed by atoms with Crippen LogP contribution in [0.1, 0.15) is 26.7 Å². The Kier molecular flexibility index (Phi) is 4.77. The maximum atomic E-state index is 14.4. The van der Waals surface area contributed by atoms with Crippen molar-refractivity contribution in [3.63, 3.8) is 0 Å². The number of ether oxygens (including phenoxy) is 3. The molecule has 0 aromatic heterocycles. The van der Waals surface area contributed by atoms with Gasteiger partial charge in [-0.05, 0) is 31.6 Å². The van der Waals surface area contributed by atoms with Crippen LogP contribution in [0.5, 0.6) is 0 Å². The summed E-state index contributed by atoms with van der Waals surface area (Å²) in [5, 5.41) is 0. The summed E-state index contributed by atoms with van der Waals surface area (Å²) in [6.45, 7) is 0.117. The summed E-state index contributed by atoms with van der Waals surface area (Å²) in [5.74, 6) is -6.64. The van der Waals surface area contributed by atoms with Crippen molar-refractivity contribution in [3.8, 4) is 0 Å². The van der Waals surface area contributed by atoms with Crippen molar-refractivity contribution in [2.45, 2.75) is 56.6 Å². The van der Waals surface area contributed by atoms with Gasteiger partial charge in [-0.15, -0.1) is 0 Å². The number of halogens is 5. The molecular weight excluding hydrogens is 379 g/mol. The molecular formula is C17H19F5O5. The summed E-state index contributed by atoms with van der Waals surface area (Å²) in [5.41, 5.74) is -3.87. The quantitative estimate of drug-likeness (QED) is 0.414. The summed E-state index contributed by atoms with van der Waals surface area (Å²) in [7, 11) is 0. The fourth-order valence-corrected chi connectivity index (χ4v) is 3.98. The molecule has 0 radical (unpaired) electrons. The molecule has 6 unspecified atom stereocenters. The topological polar surface area (TPSA) is 61.8 Å². The minimum absolute atomic E-state index is 0.0156. The third kappa shape index (κ3) is 3.21. The highest BCUT2D eigenvalue weighted by atomic mass is 19.4. The summed E-state index contributed by atoms with van der Waals surface area (Å²) >= 11 is 0. The van der Waals surface area contributed by atoms with E-state index in [4.69, 9.17) is 4.74 Å². The Balaban J connectivity index is 1.73. The van der Waals surface area contributed by atoms with Crippen molar-refractivity contribution in [1.29, 1.82) is 0 Å². The molecule has 2 fully saturated rings. The van der Waals surface area contributed by atoms with E-state index in [2.05, 4.69) is 9.47 Å². The first-order valence-corrected chi connectivity index (χ1v) is 8.51. The van der Waals surface area contributed by atoms with E-state index in [1.54, 1.807) is 0 Å². The third-order valence-corrected chi connectivity index (χ3v) is 5.52. The monoisotopic (exact) mass is 398 g/mol. The predicted octanol–water partition coefficient (Wildman–Crippen LogP) is 3.03. The van der Waals surface area contributed by atoms with Crippen LogP contribution in [0.2, 0.25) is 0 Å². The molecule has 1 saturated carbocycles. The van der Waals surface area contributed by atoms with Gasteiger partial charge < -0.3 is 14.2 Å². The zero-order valence-electron chi connectivity index (χ0n) is 14.6. The van der Waals surface area contributed by atoms with Crippen molar-refractivity contribution in [2.75, 3.05) is 6.61 Å². The lowest BCUT2D eigenvalue weighted by molar-refractivity contribution is -0.317. The molecule has 0 spiro atoms. The Bertz CT molecular complexity index is 661. The minimum atomic E-state index is -5.43. The minimum Gasteiger partial charge on any atom is -0.463 e. The number of fused-ring (bicyclic) bond motifs is 2. The van der Waals surface area contributed by atoms with E-state index in [9.17, 15) is 31.5 Å². The number of carbonyl (C=O) groups is 2. The molecule has 0 N–H and O–H groups in total. The Morgan fingerprint density at radius 1 is 1.22 bits per heavy atom. The van der Waals surface area contributed by atoms with Gasteiger partial charge in [-0.2, -0.15) is 22.0 Å². The lowest BCUT2D eigenvalue weighted by Crippen LogP contribution is -2.57. The van der Waals surface area contributed by atoms with Crippen molar-refractivity contribution in [3.05, 3.63) is 12.2 Å². The Morgan fingerprint density at radius 3 is 2.37 bits per heavy atom. The van der Waals surface area contributed by atoms with E-state index >= 15 is 0 Å². The van der Waals surface area contributed by atoms with Gasteiger partial charge in [0.2, 0.25) is 5.60 Å². The number of allylic oxidation sites excluding steroid dienone is 2. The Morgan fingerprint density at radius 2 is 1.89 bits per heavy atom. The average Bonchev–Trinajstić information content (AvgIpc) is 3.21. The van der Waals surface area contributed by atoms with Crippen LogP contribution < -0.4 is 0 Å². The van der Waals surface area contributed by atoms with Gasteiger partial charge in [0.1, 0.15) is 12.7 Å². The molecule has 2 bridgehead atoms. The van der Waals surface area contributed by atoms with Gasteiger partial charge in [-0.25, -0.2) is 0 Å². The van der Waals surface area contributed by atoms with E-state index in [0.717, 1.165) is 13.3 Å².